The number of fused-ring (bicyclic) bond motifs is 1. The predicted molar refractivity (Wildman–Crippen MR) is 34.4 cm³/mol. The van der Waals surface area contributed by atoms with Crippen molar-refractivity contribution in [2.75, 3.05) is 6.54 Å². The van der Waals surface area contributed by atoms with E-state index < -0.39 is 0 Å². The van der Waals surface area contributed by atoms with E-state index in [0.717, 1.165) is 6.54 Å². The zero-order valence-corrected chi connectivity index (χ0v) is 4.83. The number of nitrogens with one attached hydrogen (secondary N) is 1. The van der Waals surface area contributed by atoms with Gasteiger partial charge in [-0.15, -0.1) is 0 Å². The van der Waals surface area contributed by atoms with Crippen molar-refractivity contribution in [2.24, 2.45) is 0 Å². The lowest BCUT2D eigenvalue weighted by Gasteiger charge is -2.29. The Bertz CT molecular complexity index is 146. The molecule has 2 rings (SSSR count). The molecule has 1 fully saturated rings. The third-order valence-electron chi connectivity index (χ3n) is 1.27. The minimum absolute atomic E-state index is 0. The molecule has 47 valence electrons. The van der Waals surface area contributed by atoms with Gasteiger partial charge in [-0.3, -0.25) is 0 Å². The van der Waals surface area contributed by atoms with E-state index in [1.54, 1.807) is 0 Å². The molecular formula is C5H7BNO2. The maximum atomic E-state index is 7.00. The van der Waals surface area contributed by atoms with Crippen molar-refractivity contribution < 1.29 is 10.0 Å². The molecule has 9 heavy (non-hydrogen) atoms. The normalized spacial score (nSPS) is 17.6. The maximum absolute atomic E-state index is 7.00. The van der Waals surface area contributed by atoms with Gasteiger partial charge >= 0.3 is 7.69 Å². The van der Waals surface area contributed by atoms with Gasteiger partial charge in [-0.05, 0) is 11.6 Å². The monoisotopic (exact) mass is 124 g/mol. The summed E-state index contributed by atoms with van der Waals surface area (Å²) in [5.74, 6) is 0. The number of hydrogen-bond acceptors (Lipinski definition) is 3. The molecule has 0 aromatic heterocycles. The van der Waals surface area contributed by atoms with E-state index in [9.17, 15) is 0 Å². The molecule has 1 aliphatic carbocycles. The van der Waals surface area contributed by atoms with Crippen molar-refractivity contribution in [2.45, 2.75) is 0 Å². The molecule has 1 heterocycles. The Balaban J connectivity index is 0.000000120. The van der Waals surface area contributed by atoms with Gasteiger partial charge in [0.05, 0.1) is 0 Å². The zero-order chi connectivity index (χ0) is 6.69. The maximum Gasteiger partial charge on any atom is 0.482 e. The lowest BCUT2D eigenvalue weighted by Crippen LogP contribution is -2.34. The third kappa shape index (κ3) is 1.14. The third-order valence-corrected chi connectivity index (χ3v) is 1.27. The molecule has 0 amide bonds. The molecule has 3 N–H and O–H groups in total. The Morgan fingerprint density at radius 1 is 1.44 bits per heavy atom. The Hall–Kier alpha value is -0.735. The van der Waals surface area contributed by atoms with Crippen molar-refractivity contribution >= 4 is 7.69 Å². The van der Waals surface area contributed by atoms with Gasteiger partial charge in [0.1, 0.15) is 0 Å². The van der Waals surface area contributed by atoms with E-state index in [0.29, 0.717) is 0 Å². The first-order valence-electron chi connectivity index (χ1n) is 2.63. The topological polar surface area (TPSA) is 52.5 Å². The molecule has 0 atom stereocenters. The Labute approximate surface area is 54.0 Å². The van der Waals surface area contributed by atoms with Crippen LogP contribution in [-0.2, 0) is 0 Å². The molecule has 2 aliphatic rings. The van der Waals surface area contributed by atoms with Crippen LogP contribution in [0.5, 0.6) is 0 Å². The van der Waals surface area contributed by atoms with Crippen LogP contribution in [0.1, 0.15) is 0 Å². The van der Waals surface area contributed by atoms with E-state index in [1.807, 2.05) is 0 Å². The molecule has 0 saturated carbocycles. The van der Waals surface area contributed by atoms with Gasteiger partial charge in [-0.2, -0.15) is 0 Å². The molecule has 1 radical (unpaired) electrons. The summed E-state index contributed by atoms with van der Waals surface area (Å²) in [5, 5.41) is 17.1. The fourth-order valence-corrected chi connectivity index (χ4v) is 0.695. The summed E-state index contributed by atoms with van der Waals surface area (Å²) in [6.45, 7) is 1.10. The van der Waals surface area contributed by atoms with E-state index in [1.165, 1.54) is 11.3 Å². The van der Waals surface area contributed by atoms with Crippen LogP contribution >= 0.6 is 0 Å². The molecular weight excluding hydrogens is 117 g/mol. The highest BCUT2D eigenvalue weighted by atomic mass is 16.4. The predicted octanol–water partition coefficient (Wildman–Crippen LogP) is -1.08. The van der Waals surface area contributed by atoms with Gasteiger partial charge in [0.15, 0.2) is 0 Å². The lowest BCUT2D eigenvalue weighted by molar-refractivity contribution is 0.448. The highest BCUT2D eigenvalue weighted by molar-refractivity contribution is 6.13. The first-order chi connectivity index (χ1) is 4.38. The van der Waals surface area contributed by atoms with Gasteiger partial charge in [-0.1, -0.05) is 6.08 Å². The molecule has 3 nitrogen and oxygen atoms in total. The molecule has 4 heteroatoms. The summed E-state index contributed by atoms with van der Waals surface area (Å²) in [7, 11) is 0. The smallest absolute Gasteiger partial charge is 0.429 e. The van der Waals surface area contributed by atoms with E-state index in [2.05, 4.69) is 17.5 Å². The van der Waals surface area contributed by atoms with Gasteiger partial charge in [0.25, 0.3) is 0 Å². The Kier molecular flexibility index (Phi) is 1.92. The number of allylic oxidation sites excluding steroid dienone is 2. The minimum atomic E-state index is 0. The van der Waals surface area contributed by atoms with Crippen molar-refractivity contribution in [3.8, 4) is 0 Å². The molecule has 0 aromatic rings. The quantitative estimate of drug-likeness (QED) is 0.360. The fraction of sp³-hybridized carbons (Fsp3) is 0.200. The standard InChI is InChI=1S/C5H5N.BH2O2/c1-2-5-4(1)3-6-5;2-1-3/h1-2,6H,3H2;2-3H. The van der Waals surface area contributed by atoms with E-state index in [-0.39, 0.29) is 7.69 Å². The average molecular weight is 124 g/mol. The summed E-state index contributed by atoms with van der Waals surface area (Å²) in [5.41, 5.74) is 2.85. The van der Waals surface area contributed by atoms with E-state index in [4.69, 9.17) is 10.0 Å². The molecule has 0 bridgehead atoms. The van der Waals surface area contributed by atoms with Gasteiger partial charge in [-0.25, -0.2) is 0 Å². The van der Waals surface area contributed by atoms with Gasteiger partial charge < -0.3 is 15.4 Å². The number of hydrogen-bond donors (Lipinski definition) is 3. The highest BCUT2D eigenvalue weighted by Gasteiger charge is 2.18. The van der Waals surface area contributed by atoms with Crippen molar-refractivity contribution in [1.29, 1.82) is 0 Å². The van der Waals surface area contributed by atoms with Crippen LogP contribution in [0.3, 0.4) is 0 Å². The largest absolute Gasteiger partial charge is 0.482 e. The zero-order valence-electron chi connectivity index (χ0n) is 4.83. The van der Waals surface area contributed by atoms with Gasteiger partial charge in [0.2, 0.25) is 0 Å². The Morgan fingerprint density at radius 3 is 2.00 bits per heavy atom. The van der Waals surface area contributed by atoms with Crippen LogP contribution in [0.25, 0.3) is 0 Å². The van der Waals surface area contributed by atoms with Crippen molar-refractivity contribution in [3.63, 3.8) is 0 Å². The SMILES string of the molecule is C1=C2CNC2=C1.O[B]O. The van der Waals surface area contributed by atoms with Crippen LogP contribution in [0.2, 0.25) is 0 Å². The fourth-order valence-electron chi connectivity index (χ4n) is 0.695. The van der Waals surface area contributed by atoms with Crippen LogP contribution in [0.15, 0.2) is 23.4 Å². The second-order valence-electron chi connectivity index (χ2n) is 1.74. The highest BCUT2D eigenvalue weighted by Crippen LogP contribution is 2.23. The van der Waals surface area contributed by atoms with Crippen LogP contribution in [0.4, 0.5) is 0 Å². The first kappa shape index (κ1) is 6.39. The molecule has 0 spiro atoms. The second-order valence-corrected chi connectivity index (χ2v) is 1.74. The van der Waals surface area contributed by atoms with Crippen LogP contribution in [0, 0.1) is 0 Å². The second kappa shape index (κ2) is 2.71. The molecule has 0 unspecified atom stereocenters. The number of rotatable bonds is 0. The molecule has 1 aliphatic heterocycles. The Morgan fingerprint density at radius 2 is 2.00 bits per heavy atom. The van der Waals surface area contributed by atoms with E-state index >= 15 is 0 Å². The first-order valence-corrected chi connectivity index (χ1v) is 2.63. The molecule has 1 saturated heterocycles. The van der Waals surface area contributed by atoms with Crippen LogP contribution in [-0.4, -0.2) is 24.3 Å². The minimum Gasteiger partial charge on any atom is -0.429 e. The lowest BCUT2D eigenvalue weighted by atomic mass is 9.97. The van der Waals surface area contributed by atoms with Gasteiger partial charge in [0, 0.05) is 12.2 Å². The van der Waals surface area contributed by atoms with Crippen molar-refractivity contribution in [1.82, 2.24) is 5.32 Å². The summed E-state index contributed by atoms with van der Waals surface area (Å²) in [6, 6.07) is 0. The summed E-state index contributed by atoms with van der Waals surface area (Å²) >= 11 is 0. The molecule has 0 aromatic carbocycles. The summed E-state index contributed by atoms with van der Waals surface area (Å²) in [4.78, 5) is 0. The number of dihydropyridines is 1. The average Bonchev–Trinajstić information content (AvgIpc) is 1.81. The summed E-state index contributed by atoms with van der Waals surface area (Å²) < 4.78 is 0. The van der Waals surface area contributed by atoms with Crippen molar-refractivity contribution in [3.05, 3.63) is 23.4 Å². The summed E-state index contributed by atoms with van der Waals surface area (Å²) in [6.07, 6.45) is 4.24. The van der Waals surface area contributed by atoms with Crippen LogP contribution < -0.4 is 5.32 Å².